The van der Waals surface area contributed by atoms with Crippen molar-refractivity contribution in [3.05, 3.63) is 28.8 Å². The van der Waals surface area contributed by atoms with Gasteiger partial charge in [-0.2, -0.15) is 0 Å². The molecule has 1 aromatic heterocycles. The minimum absolute atomic E-state index is 0.508. The van der Waals surface area contributed by atoms with Gasteiger partial charge in [-0.3, -0.25) is 0 Å². The molecule has 0 bridgehead atoms. The van der Waals surface area contributed by atoms with Crippen LogP contribution in [0.2, 0.25) is 0 Å². The van der Waals surface area contributed by atoms with Gasteiger partial charge >= 0.3 is 0 Å². The largest absolute Gasteiger partial charge is 0.326 e. The lowest BCUT2D eigenvalue weighted by Crippen LogP contribution is -1.94. The summed E-state index contributed by atoms with van der Waals surface area (Å²) in [5.74, 6) is 0.508. The fourth-order valence-corrected chi connectivity index (χ4v) is 3.28. The third-order valence-electron chi connectivity index (χ3n) is 3.45. The van der Waals surface area contributed by atoms with Gasteiger partial charge in [-0.05, 0) is 17.7 Å². The van der Waals surface area contributed by atoms with E-state index in [0.29, 0.717) is 12.5 Å². The van der Waals surface area contributed by atoms with Crippen molar-refractivity contribution in [2.24, 2.45) is 5.73 Å². The number of benzene rings is 1. The molecule has 1 aliphatic rings. The number of fused-ring (bicyclic) bond motifs is 1. The Kier molecular flexibility index (Phi) is 5.34. The molecule has 1 saturated carbocycles. The summed E-state index contributed by atoms with van der Waals surface area (Å²) in [5, 5.41) is 1.20. The summed E-state index contributed by atoms with van der Waals surface area (Å²) < 4.78 is 1.25. The summed E-state index contributed by atoms with van der Waals surface area (Å²) in [5.41, 5.74) is 7.86. The first-order valence-electron chi connectivity index (χ1n) is 7.30. The van der Waals surface area contributed by atoms with Crippen molar-refractivity contribution in [1.29, 1.82) is 0 Å². The van der Waals surface area contributed by atoms with Gasteiger partial charge in [0.15, 0.2) is 0 Å². The number of hydrogen-bond donors (Lipinski definition) is 1. The lowest BCUT2D eigenvalue weighted by atomic mass is 10.2. The van der Waals surface area contributed by atoms with Crippen LogP contribution in [0.1, 0.15) is 62.4 Å². The van der Waals surface area contributed by atoms with Crippen molar-refractivity contribution in [2.75, 3.05) is 0 Å². The number of nitrogens with zero attached hydrogens (tertiary/aromatic N) is 1. The zero-order chi connectivity index (χ0) is 13.7. The number of nitrogens with two attached hydrogens (primary N) is 1. The van der Waals surface area contributed by atoms with Gasteiger partial charge < -0.3 is 5.73 Å². The van der Waals surface area contributed by atoms with E-state index in [0.717, 1.165) is 5.52 Å². The molecule has 2 N–H and O–H groups in total. The van der Waals surface area contributed by atoms with Crippen LogP contribution >= 0.6 is 11.3 Å². The molecule has 1 heterocycles. The second kappa shape index (κ2) is 7.01. The quantitative estimate of drug-likeness (QED) is 0.853. The van der Waals surface area contributed by atoms with E-state index in [2.05, 4.69) is 31.0 Å². The summed E-state index contributed by atoms with van der Waals surface area (Å²) in [6.45, 7) is 4.94. The molecule has 0 atom stereocenters. The summed E-state index contributed by atoms with van der Waals surface area (Å²) in [4.78, 5) is 4.57. The Balaban J connectivity index is 0.000000224. The Morgan fingerprint density at radius 1 is 1.16 bits per heavy atom. The van der Waals surface area contributed by atoms with E-state index in [9.17, 15) is 0 Å². The summed E-state index contributed by atoms with van der Waals surface area (Å²) >= 11 is 1.77. The van der Waals surface area contributed by atoms with E-state index >= 15 is 0 Å². The number of hydrogen-bond acceptors (Lipinski definition) is 3. The molecule has 0 spiro atoms. The standard InChI is InChI=1S/C11H14N2S.C5H10/c1-7(2)11-13-9-4-3-8(6-12)5-10(9)14-11;1-2-4-5-3-1/h3-5,7H,6,12H2,1-2H3;1-5H2. The van der Waals surface area contributed by atoms with Crippen molar-refractivity contribution in [3.63, 3.8) is 0 Å². The predicted octanol–water partition coefficient (Wildman–Crippen LogP) is 4.83. The van der Waals surface area contributed by atoms with Crippen LogP contribution in [-0.2, 0) is 6.54 Å². The minimum atomic E-state index is 0.508. The first-order chi connectivity index (χ1) is 9.20. The first kappa shape index (κ1) is 14.5. The molecular weight excluding hydrogens is 252 g/mol. The summed E-state index contributed by atoms with van der Waals surface area (Å²) in [7, 11) is 0. The Hall–Kier alpha value is -0.930. The molecule has 3 rings (SSSR count). The molecule has 2 nitrogen and oxygen atoms in total. The average molecular weight is 276 g/mol. The monoisotopic (exact) mass is 276 g/mol. The van der Waals surface area contributed by atoms with Gasteiger partial charge in [0.1, 0.15) is 0 Å². The third-order valence-corrected chi connectivity index (χ3v) is 4.77. The van der Waals surface area contributed by atoms with Gasteiger partial charge in [0.2, 0.25) is 0 Å². The molecule has 1 fully saturated rings. The molecule has 104 valence electrons. The molecule has 2 aromatic rings. The lowest BCUT2D eigenvalue weighted by molar-refractivity contribution is 0.857. The van der Waals surface area contributed by atoms with E-state index in [4.69, 9.17) is 5.73 Å². The van der Waals surface area contributed by atoms with Crippen LogP contribution in [0.4, 0.5) is 0 Å². The highest BCUT2D eigenvalue weighted by atomic mass is 32.1. The second-order valence-electron chi connectivity index (χ2n) is 5.48. The van der Waals surface area contributed by atoms with Crippen molar-refractivity contribution in [2.45, 2.75) is 58.4 Å². The van der Waals surface area contributed by atoms with E-state index in [1.54, 1.807) is 11.3 Å². The normalized spacial score (nSPS) is 14.7. The predicted molar refractivity (Wildman–Crippen MR) is 84.7 cm³/mol. The molecule has 0 saturated heterocycles. The number of aromatic nitrogens is 1. The maximum absolute atomic E-state index is 5.59. The molecule has 3 heteroatoms. The Morgan fingerprint density at radius 3 is 2.32 bits per heavy atom. The van der Waals surface area contributed by atoms with E-state index in [1.165, 1.54) is 47.4 Å². The van der Waals surface area contributed by atoms with Crippen molar-refractivity contribution < 1.29 is 0 Å². The van der Waals surface area contributed by atoms with Crippen molar-refractivity contribution in [3.8, 4) is 0 Å². The first-order valence-corrected chi connectivity index (χ1v) is 8.12. The highest BCUT2D eigenvalue weighted by Crippen LogP contribution is 2.27. The van der Waals surface area contributed by atoms with E-state index < -0.39 is 0 Å². The van der Waals surface area contributed by atoms with Crippen molar-refractivity contribution >= 4 is 21.6 Å². The molecular formula is C16H24N2S. The maximum Gasteiger partial charge on any atom is 0.0963 e. The van der Waals surface area contributed by atoms with Gasteiger partial charge in [-0.25, -0.2) is 4.98 Å². The average Bonchev–Trinajstić information content (AvgIpc) is 3.10. The van der Waals surface area contributed by atoms with Crippen LogP contribution in [0.15, 0.2) is 18.2 Å². The highest BCUT2D eigenvalue weighted by molar-refractivity contribution is 7.18. The van der Waals surface area contributed by atoms with Crippen molar-refractivity contribution in [1.82, 2.24) is 4.98 Å². The zero-order valence-electron chi connectivity index (χ0n) is 12.0. The van der Waals surface area contributed by atoms with Crippen LogP contribution < -0.4 is 5.73 Å². The van der Waals surface area contributed by atoms with Gasteiger partial charge in [-0.15, -0.1) is 11.3 Å². The number of rotatable bonds is 2. The van der Waals surface area contributed by atoms with Crippen LogP contribution in [0.3, 0.4) is 0 Å². The third kappa shape index (κ3) is 4.02. The van der Waals surface area contributed by atoms with Gasteiger partial charge in [-0.1, -0.05) is 52.0 Å². The van der Waals surface area contributed by atoms with E-state index in [-0.39, 0.29) is 0 Å². The smallest absolute Gasteiger partial charge is 0.0963 e. The van der Waals surface area contributed by atoms with Crippen LogP contribution in [0.5, 0.6) is 0 Å². The maximum atomic E-state index is 5.59. The molecule has 1 aliphatic carbocycles. The fraction of sp³-hybridized carbons (Fsp3) is 0.562. The molecule has 0 radical (unpaired) electrons. The lowest BCUT2D eigenvalue weighted by Gasteiger charge is -1.94. The van der Waals surface area contributed by atoms with E-state index in [1.807, 2.05) is 6.07 Å². The molecule has 1 aromatic carbocycles. The molecule has 0 aliphatic heterocycles. The van der Waals surface area contributed by atoms with Crippen LogP contribution in [0.25, 0.3) is 10.2 Å². The Labute approximate surface area is 120 Å². The zero-order valence-corrected chi connectivity index (χ0v) is 12.8. The van der Waals surface area contributed by atoms with Crippen LogP contribution in [0, 0.1) is 0 Å². The summed E-state index contributed by atoms with van der Waals surface area (Å²) in [6, 6.07) is 6.24. The Morgan fingerprint density at radius 2 is 1.79 bits per heavy atom. The molecule has 0 unspecified atom stereocenters. The molecule has 19 heavy (non-hydrogen) atoms. The van der Waals surface area contributed by atoms with Gasteiger partial charge in [0, 0.05) is 12.5 Å². The molecule has 0 amide bonds. The topological polar surface area (TPSA) is 38.9 Å². The number of thiazole rings is 1. The minimum Gasteiger partial charge on any atom is -0.326 e. The summed E-state index contributed by atoms with van der Waals surface area (Å²) in [6.07, 6.45) is 7.50. The van der Waals surface area contributed by atoms with Crippen LogP contribution in [-0.4, -0.2) is 4.98 Å². The SMILES string of the molecule is C1CCCC1.CC(C)c1nc2ccc(CN)cc2s1. The van der Waals surface area contributed by atoms with Gasteiger partial charge in [0.25, 0.3) is 0 Å². The van der Waals surface area contributed by atoms with Gasteiger partial charge in [0.05, 0.1) is 15.2 Å². The Bertz CT molecular complexity index is 505. The highest BCUT2D eigenvalue weighted by Gasteiger charge is 2.07. The second-order valence-corrected chi connectivity index (χ2v) is 6.54. The fourth-order valence-electron chi connectivity index (χ4n) is 2.24.